The second kappa shape index (κ2) is 7.34. The van der Waals surface area contributed by atoms with Gasteiger partial charge in [0, 0.05) is 13.0 Å². The third-order valence-electron chi connectivity index (χ3n) is 4.02. The summed E-state index contributed by atoms with van der Waals surface area (Å²) in [5, 5.41) is 8.66. The van der Waals surface area contributed by atoms with Crippen molar-refractivity contribution >= 4 is 11.7 Å². The van der Waals surface area contributed by atoms with Gasteiger partial charge in [-0.3, -0.25) is 4.79 Å². The number of anilines is 1. The third-order valence-corrected chi connectivity index (χ3v) is 4.02. The average molecular weight is 291 g/mol. The lowest BCUT2D eigenvalue weighted by Gasteiger charge is -2.35. The number of carboxylic acid groups (broad SMARTS) is 1. The van der Waals surface area contributed by atoms with Gasteiger partial charge in [0.2, 0.25) is 0 Å². The van der Waals surface area contributed by atoms with E-state index in [1.54, 1.807) is 0 Å². The maximum atomic E-state index is 10.5. The van der Waals surface area contributed by atoms with Crippen molar-refractivity contribution in [3.63, 3.8) is 0 Å². The Morgan fingerprint density at radius 1 is 1.38 bits per heavy atom. The predicted octanol–water partition coefficient (Wildman–Crippen LogP) is 3.48. The van der Waals surface area contributed by atoms with E-state index < -0.39 is 5.97 Å². The van der Waals surface area contributed by atoms with Crippen molar-refractivity contribution in [2.45, 2.75) is 52.1 Å². The molecule has 0 radical (unpaired) electrons. The molecule has 2 rings (SSSR count). The zero-order valence-corrected chi connectivity index (χ0v) is 13.0. The molecule has 0 spiro atoms. The number of hydrogen-bond acceptors (Lipinski definition) is 3. The first-order valence-corrected chi connectivity index (χ1v) is 7.90. The number of carbonyl (C=O) groups is 1. The second-order valence-corrected chi connectivity index (χ2v) is 5.59. The van der Waals surface area contributed by atoms with E-state index in [0.29, 0.717) is 0 Å². The summed E-state index contributed by atoms with van der Waals surface area (Å²) in [5.74, 6) is 0.265. The number of rotatable bonds is 7. The van der Waals surface area contributed by atoms with Gasteiger partial charge in [-0.25, -0.2) is 0 Å². The predicted molar refractivity (Wildman–Crippen MR) is 84.2 cm³/mol. The fraction of sp³-hybridized carbons (Fsp3) is 0.588. The van der Waals surface area contributed by atoms with Crippen LogP contribution < -0.4 is 9.64 Å². The summed E-state index contributed by atoms with van der Waals surface area (Å²) in [6, 6.07) is 6.36. The highest BCUT2D eigenvalue weighted by Crippen LogP contribution is 2.35. The summed E-state index contributed by atoms with van der Waals surface area (Å²) < 4.78 is 6.01. The lowest BCUT2D eigenvalue weighted by molar-refractivity contribution is -0.137. The van der Waals surface area contributed by atoms with E-state index >= 15 is 0 Å². The normalized spacial score (nSPS) is 17.2. The van der Waals surface area contributed by atoms with Crippen molar-refractivity contribution in [3.05, 3.63) is 23.8 Å². The SMILES string of the molecule is CCC1CN(CC)c2cc(CCCCC(=O)O)ccc2O1. The molecule has 0 fully saturated rings. The number of ether oxygens (including phenoxy) is 1. The van der Waals surface area contributed by atoms with Gasteiger partial charge in [-0.05, 0) is 50.3 Å². The van der Waals surface area contributed by atoms with Gasteiger partial charge in [0.15, 0.2) is 0 Å². The molecule has 1 N–H and O–H groups in total. The van der Waals surface area contributed by atoms with Gasteiger partial charge in [-0.15, -0.1) is 0 Å². The van der Waals surface area contributed by atoms with Crippen molar-refractivity contribution in [1.82, 2.24) is 0 Å². The molecule has 0 aliphatic carbocycles. The number of benzene rings is 1. The van der Waals surface area contributed by atoms with E-state index in [4.69, 9.17) is 9.84 Å². The minimum atomic E-state index is -0.711. The Labute approximate surface area is 126 Å². The zero-order chi connectivity index (χ0) is 15.2. The average Bonchev–Trinajstić information content (AvgIpc) is 2.50. The van der Waals surface area contributed by atoms with Gasteiger partial charge in [0.05, 0.1) is 12.2 Å². The van der Waals surface area contributed by atoms with Crippen LogP contribution in [0, 0.1) is 0 Å². The van der Waals surface area contributed by atoms with Gasteiger partial charge in [0.25, 0.3) is 0 Å². The van der Waals surface area contributed by atoms with Crippen LogP contribution in [0.3, 0.4) is 0 Å². The molecule has 0 saturated heterocycles. The van der Waals surface area contributed by atoms with E-state index in [1.807, 2.05) is 0 Å². The van der Waals surface area contributed by atoms with Crippen LogP contribution in [-0.2, 0) is 11.2 Å². The zero-order valence-electron chi connectivity index (χ0n) is 13.0. The fourth-order valence-electron chi connectivity index (χ4n) is 2.74. The lowest BCUT2D eigenvalue weighted by atomic mass is 10.0. The van der Waals surface area contributed by atoms with E-state index in [1.165, 1.54) is 11.3 Å². The quantitative estimate of drug-likeness (QED) is 0.781. The Hall–Kier alpha value is -1.71. The maximum Gasteiger partial charge on any atom is 0.303 e. The molecule has 1 atom stereocenters. The molecule has 1 aromatic carbocycles. The van der Waals surface area contributed by atoms with Crippen LogP contribution >= 0.6 is 0 Å². The number of likely N-dealkylation sites (N-methyl/N-ethyl adjacent to an activating group) is 1. The number of aryl methyl sites for hydroxylation is 1. The Bertz CT molecular complexity index is 487. The largest absolute Gasteiger partial charge is 0.486 e. The highest BCUT2D eigenvalue weighted by Gasteiger charge is 2.23. The van der Waals surface area contributed by atoms with Crippen LogP contribution in [0.1, 0.15) is 45.1 Å². The number of nitrogens with zero attached hydrogens (tertiary/aromatic N) is 1. The molecule has 1 heterocycles. The van der Waals surface area contributed by atoms with E-state index in [2.05, 4.69) is 36.9 Å². The van der Waals surface area contributed by atoms with E-state index in [0.717, 1.165) is 44.5 Å². The topological polar surface area (TPSA) is 49.8 Å². The summed E-state index contributed by atoms with van der Waals surface area (Å²) in [4.78, 5) is 12.9. The summed E-state index contributed by atoms with van der Waals surface area (Å²) in [6.07, 6.45) is 4.13. The minimum absolute atomic E-state index is 0.257. The van der Waals surface area contributed by atoms with Crippen molar-refractivity contribution < 1.29 is 14.6 Å². The molecular weight excluding hydrogens is 266 g/mol. The third kappa shape index (κ3) is 4.13. The minimum Gasteiger partial charge on any atom is -0.486 e. The van der Waals surface area contributed by atoms with Crippen LogP contribution in [0.5, 0.6) is 5.75 Å². The highest BCUT2D eigenvalue weighted by molar-refractivity contribution is 5.66. The van der Waals surface area contributed by atoms with Gasteiger partial charge in [-0.1, -0.05) is 13.0 Å². The van der Waals surface area contributed by atoms with Crippen molar-refractivity contribution in [1.29, 1.82) is 0 Å². The molecule has 0 bridgehead atoms. The molecule has 0 saturated carbocycles. The number of carboxylic acids is 1. The highest BCUT2D eigenvalue weighted by atomic mass is 16.5. The molecule has 0 aromatic heterocycles. The molecule has 1 aromatic rings. The number of fused-ring (bicyclic) bond motifs is 1. The van der Waals surface area contributed by atoms with Gasteiger partial charge < -0.3 is 14.7 Å². The van der Waals surface area contributed by atoms with Crippen molar-refractivity contribution in [2.75, 3.05) is 18.0 Å². The smallest absolute Gasteiger partial charge is 0.303 e. The molecule has 1 unspecified atom stereocenters. The van der Waals surface area contributed by atoms with Gasteiger partial charge >= 0.3 is 5.97 Å². The van der Waals surface area contributed by atoms with Crippen molar-refractivity contribution in [2.24, 2.45) is 0 Å². The van der Waals surface area contributed by atoms with Crippen LogP contribution in [-0.4, -0.2) is 30.3 Å². The van der Waals surface area contributed by atoms with Crippen LogP contribution in [0.2, 0.25) is 0 Å². The summed E-state index contributed by atoms with van der Waals surface area (Å²) in [5.41, 5.74) is 2.44. The van der Waals surface area contributed by atoms with Crippen LogP contribution in [0.25, 0.3) is 0 Å². The molecule has 1 aliphatic rings. The Balaban J connectivity index is 2.02. The van der Waals surface area contributed by atoms with E-state index in [-0.39, 0.29) is 12.5 Å². The number of unbranched alkanes of at least 4 members (excludes halogenated alkanes) is 1. The molecule has 1 aliphatic heterocycles. The first-order valence-electron chi connectivity index (χ1n) is 7.90. The monoisotopic (exact) mass is 291 g/mol. The molecule has 0 amide bonds. The summed E-state index contributed by atoms with van der Waals surface area (Å²) in [7, 11) is 0. The molecular formula is C17H25NO3. The molecule has 4 nitrogen and oxygen atoms in total. The molecule has 4 heteroatoms. The summed E-state index contributed by atoms with van der Waals surface area (Å²) >= 11 is 0. The van der Waals surface area contributed by atoms with Crippen LogP contribution in [0.4, 0.5) is 5.69 Å². The first-order chi connectivity index (χ1) is 10.1. The number of aliphatic carboxylic acids is 1. The van der Waals surface area contributed by atoms with Gasteiger partial charge in [0.1, 0.15) is 11.9 Å². The molecule has 116 valence electrons. The Morgan fingerprint density at radius 3 is 2.86 bits per heavy atom. The fourth-order valence-corrected chi connectivity index (χ4v) is 2.74. The maximum absolute atomic E-state index is 10.5. The van der Waals surface area contributed by atoms with Crippen LogP contribution in [0.15, 0.2) is 18.2 Å². The number of hydrogen-bond donors (Lipinski definition) is 1. The standard InChI is InChI=1S/C17H25NO3/c1-3-14-12-18(4-2)15-11-13(9-10-16(15)21-14)7-5-6-8-17(19)20/h9-11,14H,3-8,12H2,1-2H3,(H,19,20). The summed E-state index contributed by atoms with van der Waals surface area (Å²) in [6.45, 7) is 6.25. The van der Waals surface area contributed by atoms with Gasteiger partial charge in [-0.2, -0.15) is 0 Å². The Kier molecular flexibility index (Phi) is 5.48. The lowest BCUT2D eigenvalue weighted by Crippen LogP contribution is -2.39. The first kappa shape index (κ1) is 15.7. The second-order valence-electron chi connectivity index (χ2n) is 5.59. The van der Waals surface area contributed by atoms with E-state index in [9.17, 15) is 4.79 Å². The molecule has 21 heavy (non-hydrogen) atoms. The Morgan fingerprint density at radius 2 is 2.19 bits per heavy atom. The van der Waals surface area contributed by atoms with Crippen molar-refractivity contribution in [3.8, 4) is 5.75 Å².